The van der Waals surface area contributed by atoms with Gasteiger partial charge in [-0.25, -0.2) is 0 Å². The van der Waals surface area contributed by atoms with Gasteiger partial charge in [0.2, 0.25) is 0 Å². The number of ketones is 1. The number of para-hydroxylation sites is 1. The fraction of sp³-hybridized carbons (Fsp3) is 0.250. The zero-order valence-electron chi connectivity index (χ0n) is 13.9. The predicted molar refractivity (Wildman–Crippen MR) is 93.7 cm³/mol. The van der Waals surface area contributed by atoms with E-state index in [0.717, 1.165) is 12.0 Å². The molecule has 2 aromatic carbocycles. The highest BCUT2D eigenvalue weighted by Gasteiger charge is 2.17. The second-order valence-electron chi connectivity index (χ2n) is 5.49. The largest absolute Gasteiger partial charge is 0.496 e. The Morgan fingerprint density at radius 1 is 1.17 bits per heavy atom. The Morgan fingerprint density at radius 2 is 1.79 bits per heavy atom. The Morgan fingerprint density at radius 3 is 2.38 bits per heavy atom. The van der Waals surface area contributed by atoms with E-state index in [1.807, 2.05) is 13.0 Å². The topological polar surface area (TPSA) is 73.9 Å². The van der Waals surface area contributed by atoms with Gasteiger partial charge in [0.1, 0.15) is 5.75 Å². The number of hydrogen-bond acceptors (Lipinski definition) is 4. The van der Waals surface area contributed by atoms with Gasteiger partial charge in [0.25, 0.3) is 0 Å². The van der Waals surface area contributed by atoms with E-state index in [9.17, 15) is 4.79 Å². The molecule has 0 aliphatic rings. The SMILES string of the molecule is CC[C@@H](CC#N)C(=N)c1ccc(C(=O)c2ccccc2OC)cc1. The molecule has 4 heteroatoms. The fourth-order valence-corrected chi connectivity index (χ4v) is 2.59. The lowest BCUT2D eigenvalue weighted by Gasteiger charge is -2.13. The predicted octanol–water partition coefficient (Wildman–Crippen LogP) is 4.23. The van der Waals surface area contributed by atoms with Crippen LogP contribution >= 0.6 is 0 Å². The summed E-state index contributed by atoms with van der Waals surface area (Å²) in [7, 11) is 1.54. The minimum Gasteiger partial charge on any atom is -0.496 e. The minimum absolute atomic E-state index is 0.0780. The van der Waals surface area contributed by atoms with Gasteiger partial charge in [-0.15, -0.1) is 0 Å². The van der Waals surface area contributed by atoms with Gasteiger partial charge in [-0.05, 0) is 24.1 Å². The van der Waals surface area contributed by atoms with E-state index >= 15 is 0 Å². The zero-order chi connectivity index (χ0) is 17.5. The molecule has 0 spiro atoms. The standard InChI is InChI=1S/C20H20N2O2/c1-3-14(12-13-21)19(22)15-8-10-16(11-9-15)20(23)17-6-4-5-7-18(17)24-2/h4-11,14,22H,3,12H2,1-2H3/t14-/m0/s1. The summed E-state index contributed by atoms with van der Waals surface area (Å²) in [6, 6.07) is 16.2. The molecule has 0 aliphatic carbocycles. The van der Waals surface area contributed by atoms with Gasteiger partial charge in [0.15, 0.2) is 5.78 Å². The van der Waals surface area contributed by atoms with Crippen LogP contribution in [0.3, 0.4) is 0 Å². The summed E-state index contributed by atoms with van der Waals surface area (Å²) in [5.41, 5.74) is 2.24. The van der Waals surface area contributed by atoms with Gasteiger partial charge in [0, 0.05) is 23.6 Å². The highest BCUT2D eigenvalue weighted by atomic mass is 16.5. The summed E-state index contributed by atoms with van der Waals surface area (Å²) < 4.78 is 5.24. The van der Waals surface area contributed by atoms with Gasteiger partial charge in [-0.1, -0.05) is 43.3 Å². The molecule has 0 heterocycles. The molecule has 122 valence electrons. The third-order valence-electron chi connectivity index (χ3n) is 4.05. The van der Waals surface area contributed by atoms with Gasteiger partial charge < -0.3 is 10.1 Å². The van der Waals surface area contributed by atoms with Gasteiger partial charge in [-0.3, -0.25) is 4.79 Å². The molecule has 1 N–H and O–H groups in total. The molecule has 4 nitrogen and oxygen atoms in total. The maximum atomic E-state index is 12.6. The van der Waals surface area contributed by atoms with E-state index in [-0.39, 0.29) is 11.7 Å². The number of nitrogens with zero attached hydrogens (tertiary/aromatic N) is 1. The average molecular weight is 320 g/mol. The van der Waals surface area contributed by atoms with Crippen LogP contribution in [0.15, 0.2) is 48.5 Å². The van der Waals surface area contributed by atoms with Crippen LogP contribution < -0.4 is 4.74 Å². The molecule has 1 atom stereocenters. The van der Waals surface area contributed by atoms with E-state index in [0.29, 0.717) is 29.0 Å². The van der Waals surface area contributed by atoms with Gasteiger partial charge in [0.05, 0.1) is 18.7 Å². The lowest BCUT2D eigenvalue weighted by atomic mass is 9.91. The maximum Gasteiger partial charge on any atom is 0.196 e. The fourth-order valence-electron chi connectivity index (χ4n) is 2.59. The molecule has 0 unspecified atom stereocenters. The number of carbonyl (C=O) groups excluding carboxylic acids is 1. The maximum absolute atomic E-state index is 12.6. The van der Waals surface area contributed by atoms with Gasteiger partial charge in [-0.2, -0.15) is 5.26 Å². The number of ether oxygens (including phenoxy) is 1. The number of carbonyl (C=O) groups is 1. The van der Waals surface area contributed by atoms with Crippen molar-refractivity contribution in [1.82, 2.24) is 0 Å². The number of nitrogens with one attached hydrogen (secondary N) is 1. The molecule has 0 bridgehead atoms. The highest BCUT2D eigenvalue weighted by Crippen LogP contribution is 2.22. The van der Waals surface area contributed by atoms with Crippen LogP contribution in [0.1, 0.15) is 41.3 Å². The van der Waals surface area contributed by atoms with Crippen LogP contribution in [0.2, 0.25) is 0 Å². The first-order chi connectivity index (χ1) is 11.6. The first-order valence-corrected chi connectivity index (χ1v) is 7.85. The highest BCUT2D eigenvalue weighted by molar-refractivity contribution is 6.11. The summed E-state index contributed by atoms with van der Waals surface area (Å²) in [6.07, 6.45) is 1.07. The molecule has 0 saturated carbocycles. The second kappa shape index (κ2) is 8.07. The number of nitriles is 1. The van der Waals surface area contributed by atoms with Crippen molar-refractivity contribution >= 4 is 11.5 Å². The average Bonchev–Trinajstić information content (AvgIpc) is 2.65. The van der Waals surface area contributed by atoms with Crippen LogP contribution in [0.25, 0.3) is 0 Å². The van der Waals surface area contributed by atoms with E-state index in [1.54, 1.807) is 42.5 Å². The van der Waals surface area contributed by atoms with E-state index < -0.39 is 0 Å². The monoisotopic (exact) mass is 320 g/mol. The van der Waals surface area contributed by atoms with E-state index in [1.165, 1.54) is 7.11 Å². The molecule has 0 amide bonds. The molecule has 0 aliphatic heterocycles. The smallest absolute Gasteiger partial charge is 0.196 e. The normalized spacial score (nSPS) is 11.4. The molecule has 0 radical (unpaired) electrons. The molecule has 0 fully saturated rings. The Bertz CT molecular complexity index is 773. The zero-order valence-corrected chi connectivity index (χ0v) is 13.9. The Labute approximate surface area is 142 Å². The number of benzene rings is 2. The van der Waals surface area contributed by atoms with Crippen LogP contribution in [0.5, 0.6) is 5.75 Å². The summed E-state index contributed by atoms with van der Waals surface area (Å²) in [6.45, 7) is 1.97. The molecule has 24 heavy (non-hydrogen) atoms. The molecule has 2 rings (SSSR count). The quantitative estimate of drug-likeness (QED) is 0.612. The van der Waals surface area contributed by atoms with Crippen molar-refractivity contribution in [2.45, 2.75) is 19.8 Å². The summed E-state index contributed by atoms with van der Waals surface area (Å²) in [5, 5.41) is 17.1. The molecule has 2 aromatic rings. The summed E-state index contributed by atoms with van der Waals surface area (Å²) in [5.74, 6) is 0.347. The van der Waals surface area contributed by atoms with Crippen LogP contribution in [-0.2, 0) is 0 Å². The van der Waals surface area contributed by atoms with E-state index in [2.05, 4.69) is 6.07 Å². The molecular weight excluding hydrogens is 300 g/mol. The minimum atomic E-state index is -0.116. The van der Waals surface area contributed by atoms with Crippen molar-refractivity contribution in [3.8, 4) is 11.8 Å². The molecule has 0 saturated heterocycles. The first-order valence-electron chi connectivity index (χ1n) is 7.85. The van der Waals surface area contributed by atoms with Crippen molar-refractivity contribution < 1.29 is 9.53 Å². The number of hydrogen-bond donors (Lipinski definition) is 1. The lowest BCUT2D eigenvalue weighted by molar-refractivity contribution is 0.103. The Hall–Kier alpha value is -2.93. The van der Waals surface area contributed by atoms with Crippen molar-refractivity contribution in [1.29, 1.82) is 10.7 Å². The first kappa shape index (κ1) is 17.4. The number of methoxy groups -OCH3 is 1. The second-order valence-corrected chi connectivity index (χ2v) is 5.49. The lowest BCUT2D eigenvalue weighted by Crippen LogP contribution is -2.14. The van der Waals surface area contributed by atoms with Crippen LogP contribution in [0.4, 0.5) is 0 Å². The Kier molecular flexibility index (Phi) is 5.86. The Balaban J connectivity index is 2.25. The van der Waals surface area contributed by atoms with Crippen molar-refractivity contribution in [2.75, 3.05) is 7.11 Å². The third-order valence-corrected chi connectivity index (χ3v) is 4.05. The molecule has 0 aromatic heterocycles. The van der Waals surface area contributed by atoms with Crippen LogP contribution in [0, 0.1) is 22.7 Å². The van der Waals surface area contributed by atoms with Crippen molar-refractivity contribution in [3.05, 3.63) is 65.2 Å². The van der Waals surface area contributed by atoms with Gasteiger partial charge >= 0.3 is 0 Å². The summed E-state index contributed by atoms with van der Waals surface area (Å²) >= 11 is 0. The summed E-state index contributed by atoms with van der Waals surface area (Å²) in [4.78, 5) is 12.6. The van der Waals surface area contributed by atoms with Crippen molar-refractivity contribution in [2.24, 2.45) is 5.92 Å². The third kappa shape index (κ3) is 3.69. The number of rotatable bonds is 7. The molecular formula is C20H20N2O2. The van der Waals surface area contributed by atoms with E-state index in [4.69, 9.17) is 15.4 Å². The van der Waals surface area contributed by atoms with Crippen molar-refractivity contribution in [3.63, 3.8) is 0 Å². The van der Waals surface area contributed by atoms with Crippen LogP contribution in [-0.4, -0.2) is 18.6 Å².